The molecule has 1 saturated heterocycles. The molecular formula is C23H32F2O2. The van der Waals surface area contributed by atoms with Crippen molar-refractivity contribution in [2.45, 2.75) is 70.5 Å². The van der Waals surface area contributed by atoms with Crippen molar-refractivity contribution in [1.82, 2.24) is 0 Å². The lowest BCUT2D eigenvalue weighted by atomic mass is 9.68. The molecule has 0 aromatic heterocycles. The van der Waals surface area contributed by atoms with Crippen LogP contribution in [-0.4, -0.2) is 19.5 Å². The van der Waals surface area contributed by atoms with Crippen molar-refractivity contribution in [2.24, 2.45) is 23.7 Å². The van der Waals surface area contributed by atoms with E-state index in [1.807, 2.05) is 0 Å². The standard InChI is InChI=1S/C23H32F2O2/c24-21-12-5-17(15-22(21)25)2-1-16-3-6-18(7-4-16)19-8-10-20(11-9-19)23-26-13-14-27-23/h5,12,15-16,18-20,23H,1-4,6-11,13-14H2. The third-order valence-electron chi connectivity index (χ3n) is 7.23. The van der Waals surface area contributed by atoms with Crippen molar-refractivity contribution in [1.29, 1.82) is 0 Å². The zero-order chi connectivity index (χ0) is 18.6. The van der Waals surface area contributed by atoms with Crippen LogP contribution in [0.15, 0.2) is 18.2 Å². The Morgan fingerprint density at radius 1 is 0.741 bits per heavy atom. The summed E-state index contributed by atoms with van der Waals surface area (Å²) in [6.07, 6.45) is 12.5. The van der Waals surface area contributed by atoms with Crippen LogP contribution in [-0.2, 0) is 15.9 Å². The van der Waals surface area contributed by atoms with Crippen molar-refractivity contribution in [3.8, 4) is 0 Å². The summed E-state index contributed by atoms with van der Waals surface area (Å²) in [5.74, 6) is 1.65. The van der Waals surface area contributed by atoms with Crippen LogP contribution in [0.25, 0.3) is 0 Å². The van der Waals surface area contributed by atoms with E-state index in [2.05, 4.69) is 0 Å². The van der Waals surface area contributed by atoms with Gasteiger partial charge in [-0.1, -0.05) is 18.9 Å². The first-order valence-corrected chi connectivity index (χ1v) is 10.9. The molecule has 0 bridgehead atoms. The molecule has 0 unspecified atom stereocenters. The first-order valence-electron chi connectivity index (χ1n) is 10.9. The molecule has 27 heavy (non-hydrogen) atoms. The van der Waals surface area contributed by atoms with E-state index in [0.717, 1.165) is 49.4 Å². The summed E-state index contributed by atoms with van der Waals surface area (Å²) in [5, 5.41) is 0. The average molecular weight is 379 g/mol. The van der Waals surface area contributed by atoms with Crippen LogP contribution >= 0.6 is 0 Å². The molecule has 3 fully saturated rings. The van der Waals surface area contributed by atoms with Crippen molar-refractivity contribution >= 4 is 0 Å². The predicted octanol–water partition coefficient (Wildman–Crippen LogP) is 5.88. The maximum absolute atomic E-state index is 13.3. The molecule has 2 aliphatic carbocycles. The second-order valence-corrected chi connectivity index (χ2v) is 8.85. The fourth-order valence-electron chi connectivity index (χ4n) is 5.55. The number of hydrogen-bond acceptors (Lipinski definition) is 2. The van der Waals surface area contributed by atoms with Crippen molar-refractivity contribution in [2.75, 3.05) is 13.2 Å². The Labute approximate surface area is 161 Å². The first-order chi connectivity index (χ1) is 13.2. The Morgan fingerprint density at radius 2 is 1.33 bits per heavy atom. The second-order valence-electron chi connectivity index (χ2n) is 8.85. The summed E-state index contributed by atoms with van der Waals surface area (Å²) in [7, 11) is 0. The van der Waals surface area contributed by atoms with Crippen molar-refractivity contribution in [3.05, 3.63) is 35.4 Å². The first kappa shape index (κ1) is 19.3. The molecule has 4 heteroatoms. The van der Waals surface area contributed by atoms with Gasteiger partial charge in [0.15, 0.2) is 17.9 Å². The molecule has 0 radical (unpaired) electrons. The highest BCUT2D eigenvalue weighted by atomic mass is 19.2. The SMILES string of the molecule is Fc1ccc(CCC2CCC(C3CCC(C4OCCO4)CC3)CC2)cc1F. The fraction of sp³-hybridized carbons (Fsp3) is 0.739. The van der Waals surface area contributed by atoms with Gasteiger partial charge < -0.3 is 9.47 Å². The van der Waals surface area contributed by atoms with Crippen molar-refractivity contribution in [3.63, 3.8) is 0 Å². The lowest BCUT2D eigenvalue weighted by molar-refractivity contribution is -0.0973. The van der Waals surface area contributed by atoms with Crippen LogP contribution < -0.4 is 0 Å². The van der Waals surface area contributed by atoms with E-state index < -0.39 is 11.6 Å². The van der Waals surface area contributed by atoms with E-state index >= 15 is 0 Å². The normalized spacial score (nSPS) is 32.7. The Balaban J connectivity index is 1.17. The van der Waals surface area contributed by atoms with E-state index in [-0.39, 0.29) is 6.29 Å². The highest BCUT2D eigenvalue weighted by Crippen LogP contribution is 2.43. The van der Waals surface area contributed by atoms with Gasteiger partial charge in [0, 0.05) is 5.92 Å². The van der Waals surface area contributed by atoms with Crippen LogP contribution in [0.1, 0.15) is 63.4 Å². The van der Waals surface area contributed by atoms with Crippen LogP contribution in [0.2, 0.25) is 0 Å². The van der Waals surface area contributed by atoms with Gasteiger partial charge in [0.1, 0.15) is 0 Å². The van der Waals surface area contributed by atoms with Gasteiger partial charge in [-0.05, 0) is 86.8 Å². The monoisotopic (exact) mass is 378 g/mol. The van der Waals surface area contributed by atoms with Gasteiger partial charge in [0.2, 0.25) is 0 Å². The molecule has 0 atom stereocenters. The minimum atomic E-state index is -0.750. The third-order valence-corrected chi connectivity index (χ3v) is 7.23. The fourth-order valence-corrected chi connectivity index (χ4v) is 5.55. The summed E-state index contributed by atoms with van der Waals surface area (Å²) in [6, 6.07) is 4.33. The average Bonchev–Trinajstić information content (AvgIpc) is 3.24. The van der Waals surface area contributed by atoms with Crippen LogP contribution in [0.3, 0.4) is 0 Å². The van der Waals surface area contributed by atoms with E-state index in [4.69, 9.17) is 9.47 Å². The van der Waals surface area contributed by atoms with Crippen LogP contribution in [0.4, 0.5) is 8.78 Å². The minimum Gasteiger partial charge on any atom is -0.350 e. The van der Waals surface area contributed by atoms with Crippen molar-refractivity contribution < 1.29 is 18.3 Å². The summed E-state index contributed by atoms with van der Waals surface area (Å²) >= 11 is 0. The predicted molar refractivity (Wildman–Crippen MR) is 101 cm³/mol. The number of aryl methyl sites for hydroxylation is 1. The lowest BCUT2D eigenvalue weighted by Crippen LogP contribution is -2.30. The Bertz CT molecular complexity index is 598. The molecule has 2 nitrogen and oxygen atoms in total. The van der Waals surface area contributed by atoms with Gasteiger partial charge in [0.05, 0.1) is 13.2 Å². The van der Waals surface area contributed by atoms with E-state index in [1.165, 1.54) is 63.5 Å². The summed E-state index contributed by atoms with van der Waals surface area (Å²) in [6.45, 7) is 1.53. The molecule has 0 N–H and O–H groups in total. The molecule has 1 aromatic carbocycles. The van der Waals surface area contributed by atoms with Gasteiger partial charge in [-0.25, -0.2) is 8.78 Å². The van der Waals surface area contributed by atoms with Crippen LogP contribution in [0.5, 0.6) is 0 Å². The highest BCUT2D eigenvalue weighted by Gasteiger charge is 2.35. The van der Waals surface area contributed by atoms with Gasteiger partial charge in [0.25, 0.3) is 0 Å². The largest absolute Gasteiger partial charge is 0.350 e. The van der Waals surface area contributed by atoms with Gasteiger partial charge in [-0.15, -0.1) is 0 Å². The lowest BCUT2D eigenvalue weighted by Gasteiger charge is -2.38. The maximum Gasteiger partial charge on any atom is 0.160 e. The van der Waals surface area contributed by atoms with E-state index in [9.17, 15) is 8.78 Å². The number of halogens is 2. The smallest absolute Gasteiger partial charge is 0.160 e. The topological polar surface area (TPSA) is 18.5 Å². The highest BCUT2D eigenvalue weighted by molar-refractivity contribution is 5.17. The summed E-state index contributed by atoms with van der Waals surface area (Å²) < 4.78 is 37.8. The molecule has 150 valence electrons. The van der Waals surface area contributed by atoms with Gasteiger partial charge >= 0.3 is 0 Å². The molecule has 0 spiro atoms. The quantitative estimate of drug-likeness (QED) is 0.637. The molecule has 3 aliphatic rings. The molecule has 1 aliphatic heterocycles. The molecule has 2 saturated carbocycles. The second kappa shape index (κ2) is 9.00. The third kappa shape index (κ3) is 4.89. The Kier molecular flexibility index (Phi) is 6.44. The van der Waals surface area contributed by atoms with Gasteiger partial charge in [-0.2, -0.15) is 0 Å². The summed E-state index contributed by atoms with van der Waals surface area (Å²) in [5.41, 5.74) is 0.922. The van der Waals surface area contributed by atoms with Crippen LogP contribution in [0, 0.1) is 35.3 Å². The number of benzene rings is 1. The summed E-state index contributed by atoms with van der Waals surface area (Å²) in [4.78, 5) is 0. The van der Waals surface area contributed by atoms with Gasteiger partial charge in [-0.3, -0.25) is 0 Å². The Hall–Kier alpha value is -1.00. The molecular weight excluding hydrogens is 346 g/mol. The molecule has 1 aromatic rings. The number of hydrogen-bond donors (Lipinski definition) is 0. The molecule has 1 heterocycles. The zero-order valence-corrected chi connectivity index (χ0v) is 16.2. The zero-order valence-electron chi connectivity index (χ0n) is 16.2. The minimum absolute atomic E-state index is 0.0676. The molecule has 4 rings (SSSR count). The Morgan fingerprint density at radius 3 is 1.96 bits per heavy atom. The number of ether oxygens (including phenoxy) is 2. The number of rotatable bonds is 5. The van der Waals surface area contributed by atoms with E-state index in [1.54, 1.807) is 6.07 Å². The van der Waals surface area contributed by atoms with E-state index in [0.29, 0.717) is 5.92 Å². The maximum atomic E-state index is 13.3. The molecule has 0 amide bonds.